The van der Waals surface area contributed by atoms with Gasteiger partial charge in [-0.15, -0.1) is 0 Å². The maximum absolute atomic E-state index is 13.8. The average molecular weight is 286 g/mol. The molecule has 0 spiro atoms. The van der Waals surface area contributed by atoms with Crippen molar-refractivity contribution < 1.29 is 9.13 Å². The SMILES string of the molecule is COc1ccc(-c2ccccc2-c2ncsc2F)cn1. The summed E-state index contributed by atoms with van der Waals surface area (Å²) in [6.07, 6.45) is 1.71. The molecule has 1 aromatic carbocycles. The van der Waals surface area contributed by atoms with Crippen LogP contribution in [0.15, 0.2) is 48.1 Å². The Morgan fingerprint density at radius 3 is 2.45 bits per heavy atom. The molecule has 5 heteroatoms. The minimum Gasteiger partial charge on any atom is -0.481 e. The zero-order valence-electron chi connectivity index (χ0n) is 10.7. The lowest BCUT2D eigenvalue weighted by atomic mass is 9.99. The highest BCUT2D eigenvalue weighted by molar-refractivity contribution is 7.08. The van der Waals surface area contributed by atoms with Gasteiger partial charge in [-0.25, -0.2) is 9.97 Å². The molecule has 20 heavy (non-hydrogen) atoms. The molecule has 0 unspecified atom stereocenters. The smallest absolute Gasteiger partial charge is 0.212 e. The van der Waals surface area contributed by atoms with Gasteiger partial charge in [0.15, 0.2) is 0 Å². The summed E-state index contributed by atoms with van der Waals surface area (Å²) in [6, 6.07) is 11.2. The van der Waals surface area contributed by atoms with E-state index < -0.39 is 0 Å². The van der Waals surface area contributed by atoms with E-state index >= 15 is 0 Å². The largest absolute Gasteiger partial charge is 0.481 e. The number of benzene rings is 1. The van der Waals surface area contributed by atoms with Gasteiger partial charge in [0.2, 0.25) is 11.0 Å². The monoisotopic (exact) mass is 286 g/mol. The summed E-state index contributed by atoms with van der Waals surface area (Å²) in [5.74, 6) is 0.547. The van der Waals surface area contributed by atoms with E-state index in [4.69, 9.17) is 4.74 Å². The number of hydrogen-bond acceptors (Lipinski definition) is 4. The number of hydrogen-bond donors (Lipinski definition) is 0. The molecule has 0 aliphatic rings. The Balaban J connectivity index is 2.12. The molecule has 100 valence electrons. The Kier molecular flexibility index (Phi) is 3.43. The fourth-order valence-electron chi connectivity index (χ4n) is 2.01. The van der Waals surface area contributed by atoms with Crippen LogP contribution in [-0.4, -0.2) is 17.1 Å². The van der Waals surface area contributed by atoms with E-state index in [1.54, 1.807) is 19.4 Å². The van der Waals surface area contributed by atoms with Crippen molar-refractivity contribution in [3.63, 3.8) is 0 Å². The number of aromatic nitrogens is 2. The molecule has 0 bridgehead atoms. The lowest BCUT2D eigenvalue weighted by Gasteiger charge is -2.08. The van der Waals surface area contributed by atoms with Gasteiger partial charge in [-0.3, -0.25) is 0 Å². The van der Waals surface area contributed by atoms with Crippen LogP contribution >= 0.6 is 11.3 Å². The molecule has 2 aromatic heterocycles. The summed E-state index contributed by atoms with van der Waals surface area (Å²) in [4.78, 5) is 8.29. The van der Waals surface area contributed by atoms with Gasteiger partial charge in [-0.05, 0) is 11.6 Å². The van der Waals surface area contributed by atoms with Crippen LogP contribution in [0.25, 0.3) is 22.4 Å². The molecule has 0 amide bonds. The molecule has 0 saturated heterocycles. The number of thiazole rings is 1. The fourth-order valence-corrected chi connectivity index (χ4v) is 2.53. The third kappa shape index (κ3) is 2.28. The quantitative estimate of drug-likeness (QED) is 0.729. The van der Waals surface area contributed by atoms with Crippen LogP contribution in [-0.2, 0) is 0 Å². The van der Waals surface area contributed by atoms with Gasteiger partial charge < -0.3 is 4.74 Å². The molecule has 0 aliphatic heterocycles. The second-order valence-corrected chi connectivity index (χ2v) is 4.91. The molecule has 0 aliphatic carbocycles. The van der Waals surface area contributed by atoms with Crippen LogP contribution in [0.2, 0.25) is 0 Å². The Morgan fingerprint density at radius 2 is 1.85 bits per heavy atom. The van der Waals surface area contributed by atoms with Crippen molar-refractivity contribution >= 4 is 11.3 Å². The standard InChI is InChI=1S/C15H11FN2OS/c1-19-13-7-6-10(8-17-13)11-4-2-3-5-12(11)14-15(16)20-9-18-14/h2-9H,1H3. The molecule has 0 saturated carbocycles. The van der Waals surface area contributed by atoms with E-state index in [-0.39, 0.29) is 5.13 Å². The van der Waals surface area contributed by atoms with Crippen LogP contribution in [0.5, 0.6) is 5.88 Å². The zero-order chi connectivity index (χ0) is 13.9. The number of nitrogens with zero attached hydrogens (tertiary/aromatic N) is 2. The lowest BCUT2D eigenvalue weighted by Crippen LogP contribution is -1.90. The van der Waals surface area contributed by atoms with Crippen LogP contribution in [0, 0.1) is 5.13 Å². The van der Waals surface area contributed by atoms with Crippen molar-refractivity contribution in [1.82, 2.24) is 9.97 Å². The molecule has 0 radical (unpaired) electrons. The van der Waals surface area contributed by atoms with E-state index in [1.165, 1.54) is 5.51 Å². The molecule has 0 N–H and O–H groups in total. The molecule has 0 atom stereocenters. The Bertz CT molecular complexity index is 725. The van der Waals surface area contributed by atoms with Crippen molar-refractivity contribution in [1.29, 1.82) is 0 Å². The maximum atomic E-state index is 13.8. The first-order valence-electron chi connectivity index (χ1n) is 5.98. The van der Waals surface area contributed by atoms with E-state index in [0.717, 1.165) is 28.0 Å². The number of rotatable bonds is 3. The van der Waals surface area contributed by atoms with E-state index in [2.05, 4.69) is 9.97 Å². The predicted octanol–water partition coefficient (Wildman–Crippen LogP) is 4.02. The summed E-state index contributed by atoms with van der Waals surface area (Å²) >= 11 is 0.996. The van der Waals surface area contributed by atoms with Crippen LogP contribution in [0.4, 0.5) is 4.39 Å². The predicted molar refractivity (Wildman–Crippen MR) is 77.3 cm³/mol. The topological polar surface area (TPSA) is 35.0 Å². The molecule has 3 aromatic rings. The Morgan fingerprint density at radius 1 is 1.05 bits per heavy atom. The second-order valence-electron chi connectivity index (χ2n) is 4.11. The highest BCUT2D eigenvalue weighted by Gasteiger charge is 2.13. The van der Waals surface area contributed by atoms with E-state index in [0.29, 0.717) is 11.6 Å². The average Bonchev–Trinajstić information content (AvgIpc) is 2.93. The zero-order valence-corrected chi connectivity index (χ0v) is 11.5. The summed E-state index contributed by atoms with van der Waals surface area (Å²) in [5, 5.41) is -0.279. The lowest BCUT2D eigenvalue weighted by molar-refractivity contribution is 0.398. The molecule has 3 rings (SSSR count). The van der Waals surface area contributed by atoms with Gasteiger partial charge in [0.25, 0.3) is 0 Å². The highest BCUT2D eigenvalue weighted by Crippen LogP contribution is 2.33. The number of ether oxygens (including phenoxy) is 1. The molecular formula is C15H11FN2OS. The number of pyridine rings is 1. The Hall–Kier alpha value is -2.27. The fraction of sp³-hybridized carbons (Fsp3) is 0.0667. The summed E-state index contributed by atoms with van der Waals surface area (Å²) < 4.78 is 18.8. The summed E-state index contributed by atoms with van der Waals surface area (Å²) in [5.41, 5.74) is 4.44. The third-order valence-corrected chi connectivity index (χ3v) is 3.57. The van der Waals surface area contributed by atoms with Crippen LogP contribution < -0.4 is 4.74 Å². The van der Waals surface area contributed by atoms with Crippen molar-refractivity contribution in [2.75, 3.05) is 7.11 Å². The molecule has 3 nitrogen and oxygen atoms in total. The minimum atomic E-state index is -0.279. The first-order valence-corrected chi connectivity index (χ1v) is 6.86. The molecule has 2 heterocycles. The Labute approximate surface area is 119 Å². The van der Waals surface area contributed by atoms with Crippen molar-refractivity contribution in [2.24, 2.45) is 0 Å². The highest BCUT2D eigenvalue weighted by atomic mass is 32.1. The van der Waals surface area contributed by atoms with Crippen molar-refractivity contribution in [2.45, 2.75) is 0 Å². The van der Waals surface area contributed by atoms with Gasteiger partial charge in [-0.2, -0.15) is 4.39 Å². The summed E-state index contributed by atoms with van der Waals surface area (Å²) in [6.45, 7) is 0. The van der Waals surface area contributed by atoms with Gasteiger partial charge >= 0.3 is 0 Å². The molecule has 0 fully saturated rings. The van der Waals surface area contributed by atoms with Gasteiger partial charge in [0.1, 0.15) is 5.69 Å². The molecular weight excluding hydrogens is 275 g/mol. The number of halogens is 1. The number of methoxy groups -OCH3 is 1. The first-order chi connectivity index (χ1) is 9.79. The van der Waals surface area contributed by atoms with Gasteiger partial charge in [0.05, 0.1) is 12.6 Å². The van der Waals surface area contributed by atoms with Gasteiger partial charge in [-0.1, -0.05) is 35.6 Å². The van der Waals surface area contributed by atoms with Crippen LogP contribution in [0.3, 0.4) is 0 Å². The third-order valence-electron chi connectivity index (χ3n) is 2.96. The normalized spacial score (nSPS) is 10.5. The summed E-state index contributed by atoms with van der Waals surface area (Å²) in [7, 11) is 1.57. The maximum Gasteiger partial charge on any atom is 0.212 e. The van der Waals surface area contributed by atoms with Gasteiger partial charge in [0, 0.05) is 23.4 Å². The van der Waals surface area contributed by atoms with Crippen LogP contribution in [0.1, 0.15) is 0 Å². The minimum absolute atomic E-state index is 0.279. The second kappa shape index (κ2) is 5.38. The van der Waals surface area contributed by atoms with E-state index in [1.807, 2.05) is 30.3 Å². The van der Waals surface area contributed by atoms with Crippen molar-refractivity contribution in [3.8, 4) is 28.3 Å². The van der Waals surface area contributed by atoms with E-state index in [9.17, 15) is 4.39 Å². The van der Waals surface area contributed by atoms with Crippen molar-refractivity contribution in [3.05, 3.63) is 53.2 Å². The first kappa shape index (κ1) is 12.7.